The monoisotopic (exact) mass is 384 g/mol. The van der Waals surface area contributed by atoms with Crippen LogP contribution in [-0.2, 0) is 6.54 Å². The van der Waals surface area contributed by atoms with E-state index < -0.39 is 0 Å². The number of nitrogens with one attached hydrogen (secondary N) is 1. The summed E-state index contributed by atoms with van der Waals surface area (Å²) in [5.41, 5.74) is 0.804. The van der Waals surface area contributed by atoms with Gasteiger partial charge in [0.1, 0.15) is 0 Å². The van der Waals surface area contributed by atoms with E-state index in [1.165, 1.54) is 11.0 Å². The van der Waals surface area contributed by atoms with Crippen molar-refractivity contribution in [3.63, 3.8) is 0 Å². The lowest BCUT2D eigenvalue weighted by atomic mass is 10.2. The topological polar surface area (TPSA) is 70.8 Å². The number of hydrogen-bond acceptors (Lipinski definition) is 4. The van der Waals surface area contributed by atoms with E-state index >= 15 is 0 Å². The van der Waals surface area contributed by atoms with Gasteiger partial charge in [-0.2, -0.15) is 0 Å². The van der Waals surface area contributed by atoms with Crippen LogP contribution in [-0.4, -0.2) is 41.7 Å². The Hall–Kier alpha value is -2.54. The molecule has 0 bridgehead atoms. The third kappa shape index (κ3) is 5.23. The van der Waals surface area contributed by atoms with Gasteiger partial charge in [0.25, 0.3) is 5.69 Å². The van der Waals surface area contributed by atoms with E-state index in [-0.39, 0.29) is 10.6 Å². The standard InChI is InChI=1S/C20H24N4O2S/c1-21-20(22-13-17-7-5-6-10-19(17)24(25)26)23-12-11-16(14-23)15-27-18-8-3-2-4-9-18/h2-10,16H,11-15H2,1H3,(H,21,22). The molecule has 1 aliphatic rings. The number of rotatable bonds is 6. The molecular weight excluding hydrogens is 360 g/mol. The minimum atomic E-state index is -0.341. The van der Waals surface area contributed by atoms with Crippen LogP contribution in [0.1, 0.15) is 12.0 Å². The fraction of sp³-hybridized carbons (Fsp3) is 0.350. The molecule has 1 heterocycles. The molecule has 1 N–H and O–H groups in total. The van der Waals surface area contributed by atoms with Gasteiger partial charge in [-0.25, -0.2) is 0 Å². The fourth-order valence-electron chi connectivity index (χ4n) is 3.24. The van der Waals surface area contributed by atoms with Crippen molar-refractivity contribution in [2.24, 2.45) is 10.9 Å². The summed E-state index contributed by atoms with van der Waals surface area (Å²) in [5.74, 6) is 2.50. The molecule has 6 nitrogen and oxygen atoms in total. The second-order valence-electron chi connectivity index (χ2n) is 6.51. The molecule has 27 heavy (non-hydrogen) atoms. The number of nitro groups is 1. The van der Waals surface area contributed by atoms with Gasteiger partial charge in [0, 0.05) is 49.0 Å². The zero-order valence-corrected chi connectivity index (χ0v) is 16.2. The van der Waals surface area contributed by atoms with Gasteiger partial charge in [0.15, 0.2) is 5.96 Å². The van der Waals surface area contributed by atoms with Crippen LogP contribution in [0.5, 0.6) is 0 Å². The maximum Gasteiger partial charge on any atom is 0.274 e. The largest absolute Gasteiger partial charge is 0.352 e. The summed E-state index contributed by atoms with van der Waals surface area (Å²) in [6.45, 7) is 2.30. The van der Waals surface area contributed by atoms with Crippen LogP contribution < -0.4 is 5.32 Å². The number of nitrogens with zero attached hydrogens (tertiary/aromatic N) is 3. The summed E-state index contributed by atoms with van der Waals surface area (Å²) < 4.78 is 0. The van der Waals surface area contributed by atoms with E-state index in [2.05, 4.69) is 39.5 Å². The van der Waals surface area contributed by atoms with E-state index in [4.69, 9.17) is 0 Å². The van der Waals surface area contributed by atoms with Gasteiger partial charge in [0.05, 0.1) is 4.92 Å². The average molecular weight is 385 g/mol. The van der Waals surface area contributed by atoms with Crippen molar-refractivity contribution in [1.29, 1.82) is 0 Å². The van der Waals surface area contributed by atoms with Crippen molar-refractivity contribution in [2.45, 2.75) is 17.9 Å². The first-order valence-electron chi connectivity index (χ1n) is 9.03. The summed E-state index contributed by atoms with van der Waals surface area (Å²) in [6.07, 6.45) is 1.13. The third-order valence-electron chi connectivity index (χ3n) is 4.65. The maximum atomic E-state index is 11.2. The summed E-state index contributed by atoms with van der Waals surface area (Å²) in [4.78, 5) is 18.7. The number of thioether (sulfide) groups is 1. The highest BCUT2D eigenvalue weighted by molar-refractivity contribution is 7.99. The van der Waals surface area contributed by atoms with E-state index in [1.807, 2.05) is 23.9 Å². The van der Waals surface area contributed by atoms with Crippen LogP contribution in [0.3, 0.4) is 0 Å². The van der Waals surface area contributed by atoms with Crippen LogP contribution in [0.2, 0.25) is 0 Å². The molecule has 142 valence electrons. The van der Waals surface area contributed by atoms with E-state index in [9.17, 15) is 10.1 Å². The minimum absolute atomic E-state index is 0.138. The Morgan fingerprint density at radius 2 is 2.00 bits per heavy atom. The van der Waals surface area contributed by atoms with Crippen LogP contribution in [0.15, 0.2) is 64.5 Å². The number of hydrogen-bond donors (Lipinski definition) is 1. The van der Waals surface area contributed by atoms with E-state index in [0.29, 0.717) is 18.0 Å². The SMILES string of the molecule is CN=C(NCc1ccccc1[N+](=O)[O-])N1CCC(CSc2ccccc2)C1. The normalized spacial score (nSPS) is 17.1. The first-order chi connectivity index (χ1) is 13.2. The molecule has 1 unspecified atom stereocenters. The molecule has 1 aliphatic heterocycles. The van der Waals surface area contributed by atoms with Crippen LogP contribution in [0, 0.1) is 16.0 Å². The first-order valence-corrected chi connectivity index (χ1v) is 10.0. The smallest absolute Gasteiger partial charge is 0.274 e. The maximum absolute atomic E-state index is 11.2. The Balaban J connectivity index is 1.52. The van der Waals surface area contributed by atoms with Crippen molar-refractivity contribution in [3.8, 4) is 0 Å². The Morgan fingerprint density at radius 1 is 1.26 bits per heavy atom. The number of benzene rings is 2. The van der Waals surface area contributed by atoms with Gasteiger partial charge in [-0.15, -0.1) is 11.8 Å². The zero-order chi connectivity index (χ0) is 19.1. The molecule has 1 atom stereocenters. The Labute approximate surface area is 163 Å². The van der Waals surface area contributed by atoms with Gasteiger partial charge in [-0.1, -0.05) is 36.4 Å². The van der Waals surface area contributed by atoms with Crippen molar-refractivity contribution in [1.82, 2.24) is 10.2 Å². The first kappa shape index (κ1) is 19.2. The summed E-state index contributed by atoms with van der Waals surface area (Å²) in [6, 6.07) is 17.3. The minimum Gasteiger partial charge on any atom is -0.352 e. The van der Waals surface area contributed by atoms with Crippen molar-refractivity contribution in [3.05, 3.63) is 70.3 Å². The average Bonchev–Trinajstić information content (AvgIpc) is 3.17. The molecule has 0 spiro atoms. The summed E-state index contributed by atoms with van der Waals surface area (Å²) >= 11 is 1.89. The molecule has 0 aromatic heterocycles. The van der Waals surface area contributed by atoms with Crippen LogP contribution in [0.25, 0.3) is 0 Å². The molecule has 0 aliphatic carbocycles. The predicted octanol–water partition coefficient (Wildman–Crippen LogP) is 3.78. The molecule has 0 radical (unpaired) electrons. The molecule has 1 fully saturated rings. The highest BCUT2D eigenvalue weighted by Gasteiger charge is 2.25. The van der Waals surface area contributed by atoms with Crippen molar-refractivity contribution >= 4 is 23.4 Å². The molecule has 2 aromatic rings. The number of guanidine groups is 1. The summed E-state index contributed by atoms with van der Waals surface area (Å²) in [7, 11) is 1.76. The molecule has 0 amide bonds. The lowest BCUT2D eigenvalue weighted by Gasteiger charge is -2.21. The molecule has 0 saturated carbocycles. The Morgan fingerprint density at radius 3 is 2.74 bits per heavy atom. The van der Waals surface area contributed by atoms with Gasteiger partial charge >= 0.3 is 0 Å². The molecule has 2 aromatic carbocycles. The second-order valence-corrected chi connectivity index (χ2v) is 7.60. The van der Waals surface area contributed by atoms with E-state index in [0.717, 1.165) is 31.2 Å². The van der Waals surface area contributed by atoms with Crippen molar-refractivity contribution in [2.75, 3.05) is 25.9 Å². The number of aliphatic imine (C=N–C) groups is 1. The summed E-state index contributed by atoms with van der Waals surface area (Å²) in [5, 5.41) is 14.4. The molecule has 1 saturated heterocycles. The quantitative estimate of drug-likeness (QED) is 0.270. The molecule has 3 rings (SSSR count). The van der Waals surface area contributed by atoms with Gasteiger partial charge < -0.3 is 10.2 Å². The number of nitro benzene ring substituents is 1. The van der Waals surface area contributed by atoms with Crippen LogP contribution >= 0.6 is 11.8 Å². The number of likely N-dealkylation sites (tertiary alicyclic amines) is 1. The van der Waals surface area contributed by atoms with Gasteiger partial charge in [-0.05, 0) is 24.5 Å². The lowest BCUT2D eigenvalue weighted by molar-refractivity contribution is -0.385. The number of para-hydroxylation sites is 1. The van der Waals surface area contributed by atoms with Gasteiger partial charge in [-0.3, -0.25) is 15.1 Å². The highest BCUT2D eigenvalue weighted by Crippen LogP contribution is 2.26. The lowest BCUT2D eigenvalue weighted by Crippen LogP contribution is -2.39. The second kappa shape index (κ2) is 9.41. The highest BCUT2D eigenvalue weighted by atomic mass is 32.2. The molecule has 7 heteroatoms. The van der Waals surface area contributed by atoms with Gasteiger partial charge in [0.2, 0.25) is 0 Å². The van der Waals surface area contributed by atoms with Crippen LogP contribution in [0.4, 0.5) is 5.69 Å². The van der Waals surface area contributed by atoms with E-state index in [1.54, 1.807) is 19.2 Å². The predicted molar refractivity (Wildman–Crippen MR) is 110 cm³/mol. The Kier molecular flexibility index (Phi) is 6.70. The Bertz CT molecular complexity index is 798. The molecular formula is C20H24N4O2S. The fourth-order valence-corrected chi connectivity index (χ4v) is 4.29. The zero-order valence-electron chi connectivity index (χ0n) is 15.4. The third-order valence-corrected chi connectivity index (χ3v) is 5.89. The van der Waals surface area contributed by atoms with Crippen molar-refractivity contribution < 1.29 is 4.92 Å².